The first-order chi connectivity index (χ1) is 8.74. The molecular weight excluding hydrogens is 224 g/mol. The Kier molecular flexibility index (Phi) is 4.61. The lowest BCUT2D eigenvalue weighted by molar-refractivity contribution is 0.151. The van der Waals surface area contributed by atoms with Crippen molar-refractivity contribution in [2.24, 2.45) is 5.73 Å². The highest BCUT2D eigenvalue weighted by Gasteiger charge is 2.19. The fourth-order valence-electron chi connectivity index (χ4n) is 2.69. The lowest BCUT2D eigenvalue weighted by atomic mass is 10.0. The highest BCUT2D eigenvalue weighted by atomic mass is 16.5. The van der Waals surface area contributed by atoms with E-state index < -0.39 is 0 Å². The van der Waals surface area contributed by atoms with Crippen LogP contribution >= 0.6 is 0 Å². The zero-order valence-electron chi connectivity index (χ0n) is 11.5. The van der Waals surface area contributed by atoms with Crippen LogP contribution in [0, 0.1) is 0 Å². The predicted molar refractivity (Wildman–Crippen MR) is 74.6 cm³/mol. The van der Waals surface area contributed by atoms with Crippen molar-refractivity contribution < 1.29 is 4.74 Å². The van der Waals surface area contributed by atoms with E-state index in [1.807, 2.05) is 12.1 Å². The van der Waals surface area contributed by atoms with Crippen LogP contribution in [0.25, 0.3) is 0 Å². The summed E-state index contributed by atoms with van der Waals surface area (Å²) >= 11 is 0. The minimum atomic E-state index is 0.590. The smallest absolute Gasteiger partial charge is 0.123 e. The van der Waals surface area contributed by atoms with Crippen LogP contribution in [0.15, 0.2) is 18.2 Å². The molecule has 2 rings (SSSR count). The van der Waals surface area contributed by atoms with Gasteiger partial charge in [0.05, 0.1) is 7.11 Å². The van der Waals surface area contributed by atoms with Crippen LogP contribution in [0.4, 0.5) is 0 Å². The molecule has 1 unspecified atom stereocenters. The Morgan fingerprint density at radius 2 is 2.22 bits per heavy atom. The van der Waals surface area contributed by atoms with Gasteiger partial charge >= 0.3 is 0 Å². The van der Waals surface area contributed by atoms with Gasteiger partial charge in [0.15, 0.2) is 0 Å². The van der Waals surface area contributed by atoms with Crippen molar-refractivity contribution in [1.29, 1.82) is 0 Å². The second-order valence-corrected chi connectivity index (χ2v) is 5.17. The van der Waals surface area contributed by atoms with E-state index in [9.17, 15) is 0 Å². The summed E-state index contributed by atoms with van der Waals surface area (Å²) in [6.07, 6.45) is 3.97. The van der Waals surface area contributed by atoms with Gasteiger partial charge in [-0.3, -0.25) is 4.90 Å². The molecule has 0 spiro atoms. The summed E-state index contributed by atoms with van der Waals surface area (Å²) < 4.78 is 5.45. The Hall–Kier alpha value is -1.06. The van der Waals surface area contributed by atoms with Crippen LogP contribution in [0.3, 0.4) is 0 Å². The van der Waals surface area contributed by atoms with E-state index in [4.69, 9.17) is 10.5 Å². The normalized spacial score (nSPS) is 20.9. The molecule has 0 aromatic heterocycles. The first-order valence-corrected chi connectivity index (χ1v) is 6.84. The quantitative estimate of drug-likeness (QED) is 0.890. The van der Waals surface area contributed by atoms with Crippen LogP contribution in [-0.4, -0.2) is 24.6 Å². The van der Waals surface area contributed by atoms with Crippen molar-refractivity contribution in [2.75, 3.05) is 13.7 Å². The van der Waals surface area contributed by atoms with Gasteiger partial charge in [-0.05, 0) is 44.0 Å². The molecule has 3 nitrogen and oxygen atoms in total. The second kappa shape index (κ2) is 6.21. The molecule has 1 aromatic rings. The number of benzene rings is 1. The molecule has 0 saturated carbocycles. The number of ether oxygens (including phenoxy) is 1. The highest BCUT2D eigenvalue weighted by Crippen LogP contribution is 2.25. The maximum Gasteiger partial charge on any atom is 0.123 e. The van der Waals surface area contributed by atoms with E-state index in [0.717, 1.165) is 12.3 Å². The topological polar surface area (TPSA) is 38.5 Å². The zero-order valence-corrected chi connectivity index (χ0v) is 11.5. The Bertz CT molecular complexity index is 392. The second-order valence-electron chi connectivity index (χ2n) is 5.17. The minimum absolute atomic E-state index is 0.590. The van der Waals surface area contributed by atoms with Crippen molar-refractivity contribution in [3.8, 4) is 5.75 Å². The van der Waals surface area contributed by atoms with Gasteiger partial charge in [-0.15, -0.1) is 0 Å². The Labute approximate surface area is 110 Å². The molecule has 2 N–H and O–H groups in total. The lowest BCUT2D eigenvalue weighted by Crippen LogP contribution is -2.36. The van der Waals surface area contributed by atoms with Gasteiger partial charge in [-0.25, -0.2) is 0 Å². The third-order valence-electron chi connectivity index (χ3n) is 3.89. The monoisotopic (exact) mass is 248 g/mol. The fraction of sp³-hybridized carbons (Fsp3) is 0.600. The SMILES string of the molecule is COc1ccc(CN)cc1CN1CCCCC1C. The summed E-state index contributed by atoms with van der Waals surface area (Å²) in [6.45, 7) is 5.07. The van der Waals surface area contributed by atoms with Crippen LogP contribution in [-0.2, 0) is 13.1 Å². The molecule has 3 heteroatoms. The summed E-state index contributed by atoms with van der Waals surface area (Å²) in [7, 11) is 1.74. The molecule has 0 aliphatic carbocycles. The molecule has 0 amide bonds. The van der Waals surface area contributed by atoms with Gasteiger partial charge in [-0.2, -0.15) is 0 Å². The molecule has 0 bridgehead atoms. The van der Waals surface area contributed by atoms with Crippen molar-refractivity contribution in [3.05, 3.63) is 29.3 Å². The molecular formula is C15H24N2O. The Morgan fingerprint density at radius 3 is 2.89 bits per heavy atom. The van der Waals surface area contributed by atoms with Gasteiger partial charge in [0.25, 0.3) is 0 Å². The minimum Gasteiger partial charge on any atom is -0.496 e. The molecule has 100 valence electrons. The average molecular weight is 248 g/mol. The van der Waals surface area contributed by atoms with E-state index in [1.54, 1.807) is 7.11 Å². The zero-order chi connectivity index (χ0) is 13.0. The molecule has 1 aliphatic rings. The predicted octanol–water partition coefficient (Wildman–Crippen LogP) is 2.53. The summed E-state index contributed by atoms with van der Waals surface area (Å²) in [5, 5.41) is 0. The van der Waals surface area contributed by atoms with Gasteiger partial charge in [-0.1, -0.05) is 12.5 Å². The molecule has 1 atom stereocenters. The van der Waals surface area contributed by atoms with Gasteiger partial charge in [0.2, 0.25) is 0 Å². The standard InChI is InChI=1S/C15H24N2O/c1-12-5-3-4-8-17(12)11-14-9-13(10-16)6-7-15(14)18-2/h6-7,9,12H,3-5,8,10-11,16H2,1-2H3. The molecule has 1 heterocycles. The van der Waals surface area contributed by atoms with Gasteiger partial charge < -0.3 is 10.5 Å². The van der Waals surface area contributed by atoms with Crippen molar-refractivity contribution in [1.82, 2.24) is 4.90 Å². The lowest BCUT2D eigenvalue weighted by Gasteiger charge is -2.33. The van der Waals surface area contributed by atoms with E-state index in [1.165, 1.54) is 36.9 Å². The number of hydrogen-bond acceptors (Lipinski definition) is 3. The summed E-state index contributed by atoms with van der Waals surface area (Å²) in [4.78, 5) is 2.54. The van der Waals surface area contributed by atoms with Crippen molar-refractivity contribution in [2.45, 2.75) is 45.3 Å². The van der Waals surface area contributed by atoms with E-state index in [-0.39, 0.29) is 0 Å². The van der Waals surface area contributed by atoms with E-state index in [2.05, 4.69) is 17.9 Å². The molecule has 1 aromatic carbocycles. The average Bonchev–Trinajstić information content (AvgIpc) is 2.41. The number of nitrogens with two attached hydrogens (primary N) is 1. The number of likely N-dealkylation sites (tertiary alicyclic amines) is 1. The Balaban J connectivity index is 2.15. The summed E-state index contributed by atoms with van der Waals surface area (Å²) in [6, 6.07) is 6.93. The number of rotatable bonds is 4. The van der Waals surface area contributed by atoms with E-state index >= 15 is 0 Å². The molecule has 1 aliphatic heterocycles. The molecule has 1 saturated heterocycles. The molecule has 18 heavy (non-hydrogen) atoms. The van der Waals surface area contributed by atoms with Crippen LogP contribution in [0.1, 0.15) is 37.3 Å². The molecule has 1 fully saturated rings. The van der Waals surface area contributed by atoms with E-state index in [0.29, 0.717) is 12.6 Å². The highest BCUT2D eigenvalue weighted by molar-refractivity contribution is 5.37. The first kappa shape index (κ1) is 13.4. The number of methoxy groups -OCH3 is 1. The van der Waals surface area contributed by atoms with Crippen molar-refractivity contribution >= 4 is 0 Å². The van der Waals surface area contributed by atoms with Gasteiger partial charge in [0.1, 0.15) is 5.75 Å². The van der Waals surface area contributed by atoms with Crippen LogP contribution in [0.2, 0.25) is 0 Å². The van der Waals surface area contributed by atoms with Crippen molar-refractivity contribution in [3.63, 3.8) is 0 Å². The third-order valence-corrected chi connectivity index (χ3v) is 3.89. The Morgan fingerprint density at radius 1 is 1.39 bits per heavy atom. The molecule has 0 radical (unpaired) electrons. The van der Waals surface area contributed by atoms with Gasteiger partial charge in [0, 0.05) is 24.7 Å². The number of hydrogen-bond donors (Lipinski definition) is 1. The fourth-order valence-corrected chi connectivity index (χ4v) is 2.69. The largest absolute Gasteiger partial charge is 0.496 e. The maximum absolute atomic E-state index is 5.72. The number of piperidine rings is 1. The maximum atomic E-state index is 5.72. The summed E-state index contributed by atoms with van der Waals surface area (Å²) in [5.41, 5.74) is 8.15. The van der Waals surface area contributed by atoms with Crippen LogP contribution in [0.5, 0.6) is 5.75 Å². The summed E-state index contributed by atoms with van der Waals surface area (Å²) in [5.74, 6) is 0.977. The van der Waals surface area contributed by atoms with Crippen LogP contribution < -0.4 is 10.5 Å². The number of nitrogens with zero attached hydrogens (tertiary/aromatic N) is 1. The third kappa shape index (κ3) is 3.03. The first-order valence-electron chi connectivity index (χ1n) is 6.84.